The predicted molar refractivity (Wildman–Crippen MR) is 82.5 cm³/mol. The first-order valence-electron chi connectivity index (χ1n) is 6.78. The fraction of sp³-hybridized carbons (Fsp3) is 0.400. The maximum Gasteiger partial charge on any atom is 0.254 e. The van der Waals surface area contributed by atoms with E-state index in [9.17, 15) is 4.79 Å². The number of benzene rings is 1. The molecule has 1 aromatic rings. The van der Waals surface area contributed by atoms with Gasteiger partial charge in [-0.05, 0) is 26.0 Å². The highest BCUT2D eigenvalue weighted by molar-refractivity contribution is 5.86. The van der Waals surface area contributed by atoms with Crippen LogP contribution in [0.25, 0.3) is 0 Å². The molecule has 0 aliphatic heterocycles. The average Bonchev–Trinajstić information content (AvgIpc) is 2.49. The van der Waals surface area contributed by atoms with Gasteiger partial charge in [0.25, 0.3) is 5.91 Å². The summed E-state index contributed by atoms with van der Waals surface area (Å²) in [4.78, 5) is 13.3. The molecule has 0 unspecified atom stereocenters. The third kappa shape index (κ3) is 4.80. The number of ether oxygens (including phenoxy) is 1. The quantitative estimate of drug-likeness (QED) is 0.614. The fourth-order valence-electron chi connectivity index (χ4n) is 1.88. The van der Waals surface area contributed by atoms with Crippen LogP contribution in [0, 0.1) is 11.3 Å². The topological polar surface area (TPSA) is 77.7 Å². The zero-order chi connectivity index (χ0) is 15.7. The Bertz CT molecular complexity index is 545. The van der Waals surface area contributed by atoms with E-state index in [1.165, 1.54) is 6.21 Å². The molecule has 1 amide bonds. The van der Waals surface area contributed by atoms with Crippen molar-refractivity contribution in [1.29, 1.82) is 5.26 Å². The van der Waals surface area contributed by atoms with Crippen molar-refractivity contribution in [1.82, 2.24) is 5.43 Å². The van der Waals surface area contributed by atoms with Gasteiger partial charge in [0, 0.05) is 30.4 Å². The highest BCUT2D eigenvalue weighted by atomic mass is 16.5. The molecule has 6 nitrogen and oxygen atoms in total. The summed E-state index contributed by atoms with van der Waals surface area (Å²) in [5, 5.41) is 12.2. The van der Waals surface area contributed by atoms with Crippen LogP contribution in [0.3, 0.4) is 0 Å². The first-order chi connectivity index (χ1) is 10.2. The lowest BCUT2D eigenvalue weighted by atomic mass is 10.2. The minimum atomic E-state index is -0.438. The molecule has 0 heterocycles. The molecule has 112 valence electrons. The zero-order valence-electron chi connectivity index (χ0n) is 12.6. The van der Waals surface area contributed by atoms with E-state index >= 15 is 0 Å². The van der Waals surface area contributed by atoms with Gasteiger partial charge in [-0.1, -0.05) is 0 Å². The number of nitrogens with one attached hydrogen (secondary N) is 1. The molecule has 21 heavy (non-hydrogen) atoms. The van der Waals surface area contributed by atoms with Crippen molar-refractivity contribution in [3.63, 3.8) is 0 Å². The van der Waals surface area contributed by atoms with E-state index in [4.69, 9.17) is 10.00 Å². The first kappa shape index (κ1) is 16.5. The number of anilines is 1. The van der Waals surface area contributed by atoms with Gasteiger partial charge in [0.15, 0.2) is 0 Å². The van der Waals surface area contributed by atoms with Crippen molar-refractivity contribution in [2.45, 2.75) is 20.3 Å². The summed E-state index contributed by atoms with van der Waals surface area (Å²) < 4.78 is 5.35. The van der Waals surface area contributed by atoms with Crippen molar-refractivity contribution in [3.8, 4) is 11.8 Å². The Morgan fingerprint density at radius 2 is 2.19 bits per heavy atom. The van der Waals surface area contributed by atoms with Crippen LogP contribution in [0.5, 0.6) is 5.75 Å². The predicted octanol–water partition coefficient (Wildman–Crippen LogP) is 1.91. The number of hydrazone groups is 1. The van der Waals surface area contributed by atoms with Crippen LogP contribution in [-0.2, 0) is 4.79 Å². The second kappa shape index (κ2) is 8.59. The maximum absolute atomic E-state index is 11.1. The molecular formula is C15H20N4O2. The lowest BCUT2D eigenvalue weighted by molar-refractivity contribution is -0.120. The Morgan fingerprint density at radius 1 is 1.48 bits per heavy atom. The van der Waals surface area contributed by atoms with E-state index in [0.717, 1.165) is 24.3 Å². The van der Waals surface area contributed by atoms with Gasteiger partial charge < -0.3 is 9.64 Å². The summed E-state index contributed by atoms with van der Waals surface area (Å²) >= 11 is 0. The summed E-state index contributed by atoms with van der Waals surface area (Å²) in [5.74, 6) is 0.241. The minimum Gasteiger partial charge on any atom is -0.496 e. The number of nitrogens with zero attached hydrogens (tertiary/aromatic N) is 3. The Balaban J connectivity index is 2.86. The van der Waals surface area contributed by atoms with Crippen molar-refractivity contribution in [2.24, 2.45) is 5.10 Å². The normalized spacial score (nSPS) is 10.2. The molecule has 0 radical (unpaired) electrons. The Morgan fingerprint density at radius 3 is 2.76 bits per heavy atom. The van der Waals surface area contributed by atoms with Gasteiger partial charge in [-0.3, -0.25) is 4.79 Å². The lowest BCUT2D eigenvalue weighted by Crippen LogP contribution is -2.21. The van der Waals surface area contributed by atoms with E-state index in [2.05, 4.69) is 29.3 Å². The molecule has 0 saturated heterocycles. The second-order valence-electron chi connectivity index (χ2n) is 4.23. The van der Waals surface area contributed by atoms with Gasteiger partial charge in [0.05, 0.1) is 19.4 Å². The minimum absolute atomic E-state index is 0.213. The Labute approximate surface area is 125 Å². The summed E-state index contributed by atoms with van der Waals surface area (Å²) in [6.45, 7) is 6.01. The highest BCUT2D eigenvalue weighted by Gasteiger charge is 2.07. The van der Waals surface area contributed by atoms with Crippen LogP contribution in [0.4, 0.5) is 5.69 Å². The molecule has 0 bridgehead atoms. The van der Waals surface area contributed by atoms with Crippen LogP contribution in [-0.4, -0.2) is 32.3 Å². The average molecular weight is 288 g/mol. The number of methoxy groups -OCH3 is 1. The molecule has 1 aromatic carbocycles. The Kier molecular flexibility index (Phi) is 6.75. The molecule has 0 spiro atoms. The fourth-order valence-corrected chi connectivity index (χ4v) is 1.88. The van der Waals surface area contributed by atoms with E-state index in [1.54, 1.807) is 13.2 Å². The van der Waals surface area contributed by atoms with Crippen molar-refractivity contribution < 1.29 is 9.53 Å². The van der Waals surface area contributed by atoms with Crippen LogP contribution >= 0.6 is 0 Å². The third-order valence-electron chi connectivity index (χ3n) is 2.98. The van der Waals surface area contributed by atoms with Crippen LogP contribution in [0.2, 0.25) is 0 Å². The lowest BCUT2D eigenvalue weighted by Gasteiger charge is -2.21. The summed E-state index contributed by atoms with van der Waals surface area (Å²) in [6, 6.07) is 7.55. The standard InChI is InChI=1S/C15H20N4O2/c1-4-19(5-2)13-7-6-12(14(10-13)21-3)11-17-18-15(20)8-9-16/h6-7,10-11H,4-5,8H2,1-3H3,(H,18,20)/b17-11-. The number of nitriles is 1. The number of rotatable bonds is 7. The summed E-state index contributed by atoms with van der Waals surface area (Å²) in [5.41, 5.74) is 4.11. The monoisotopic (exact) mass is 288 g/mol. The number of carbonyl (C=O) groups excluding carboxylic acids is 1. The van der Waals surface area contributed by atoms with Gasteiger partial charge in [0.2, 0.25) is 0 Å². The first-order valence-corrected chi connectivity index (χ1v) is 6.78. The van der Waals surface area contributed by atoms with Gasteiger partial charge >= 0.3 is 0 Å². The van der Waals surface area contributed by atoms with E-state index in [0.29, 0.717) is 5.75 Å². The second-order valence-corrected chi connectivity index (χ2v) is 4.23. The van der Waals surface area contributed by atoms with Gasteiger partial charge in [-0.15, -0.1) is 0 Å². The molecule has 0 aliphatic rings. The van der Waals surface area contributed by atoms with Crippen molar-refractivity contribution in [2.75, 3.05) is 25.1 Å². The molecule has 0 atom stereocenters. The SMILES string of the molecule is CCN(CC)c1ccc(/C=N\NC(=O)CC#N)c(OC)c1. The van der Waals surface area contributed by atoms with Gasteiger partial charge in [-0.25, -0.2) is 5.43 Å². The summed E-state index contributed by atoms with van der Waals surface area (Å²) in [6.07, 6.45) is 1.29. The molecule has 0 fully saturated rings. The van der Waals surface area contributed by atoms with E-state index in [1.807, 2.05) is 18.2 Å². The largest absolute Gasteiger partial charge is 0.496 e. The summed E-state index contributed by atoms with van der Waals surface area (Å²) in [7, 11) is 1.59. The van der Waals surface area contributed by atoms with E-state index in [-0.39, 0.29) is 6.42 Å². The third-order valence-corrected chi connectivity index (χ3v) is 2.98. The maximum atomic E-state index is 11.1. The smallest absolute Gasteiger partial charge is 0.254 e. The number of carbonyl (C=O) groups is 1. The Hall–Kier alpha value is -2.55. The zero-order valence-corrected chi connectivity index (χ0v) is 12.6. The van der Waals surface area contributed by atoms with Crippen LogP contribution in [0.15, 0.2) is 23.3 Å². The molecule has 0 aliphatic carbocycles. The van der Waals surface area contributed by atoms with Crippen molar-refractivity contribution >= 4 is 17.8 Å². The molecule has 1 N–H and O–H groups in total. The number of hydrogen-bond acceptors (Lipinski definition) is 5. The van der Waals surface area contributed by atoms with Crippen molar-refractivity contribution in [3.05, 3.63) is 23.8 Å². The number of hydrogen-bond donors (Lipinski definition) is 1. The van der Waals surface area contributed by atoms with Gasteiger partial charge in [0.1, 0.15) is 12.2 Å². The number of amides is 1. The molecule has 0 saturated carbocycles. The molecule has 0 aromatic heterocycles. The molecule has 1 rings (SSSR count). The molecular weight excluding hydrogens is 268 g/mol. The van der Waals surface area contributed by atoms with Crippen LogP contribution < -0.4 is 15.1 Å². The highest BCUT2D eigenvalue weighted by Crippen LogP contribution is 2.24. The molecule has 6 heteroatoms. The van der Waals surface area contributed by atoms with Crippen LogP contribution in [0.1, 0.15) is 25.8 Å². The van der Waals surface area contributed by atoms with Gasteiger partial charge in [-0.2, -0.15) is 10.4 Å². The van der Waals surface area contributed by atoms with E-state index < -0.39 is 5.91 Å².